The predicted molar refractivity (Wildman–Crippen MR) is 78.3 cm³/mol. The Balaban J connectivity index is 2.12. The van der Waals surface area contributed by atoms with Crippen molar-refractivity contribution in [3.63, 3.8) is 0 Å². The molecule has 1 atom stereocenters. The zero-order valence-electron chi connectivity index (χ0n) is 11.3. The van der Waals surface area contributed by atoms with Gasteiger partial charge < -0.3 is 9.84 Å². The van der Waals surface area contributed by atoms with Crippen molar-refractivity contribution in [2.75, 3.05) is 6.61 Å². The molecule has 0 saturated carbocycles. The summed E-state index contributed by atoms with van der Waals surface area (Å²) in [6.45, 7) is 1.26. The first-order valence-corrected chi connectivity index (χ1v) is 6.72. The minimum Gasteiger partial charge on any atom is -0.490 e. The molecule has 0 bridgehead atoms. The number of aliphatic hydroxyl groups is 1. The summed E-state index contributed by atoms with van der Waals surface area (Å²) >= 11 is 5.85. The van der Waals surface area contributed by atoms with E-state index >= 15 is 0 Å². The minimum absolute atomic E-state index is 0.107. The molecule has 110 valence electrons. The number of carbonyl (C=O) groups is 1. The summed E-state index contributed by atoms with van der Waals surface area (Å²) in [7, 11) is 0. The Labute approximate surface area is 126 Å². The van der Waals surface area contributed by atoms with Crippen LogP contribution in [-0.4, -0.2) is 17.5 Å². The monoisotopic (exact) mass is 308 g/mol. The van der Waals surface area contributed by atoms with Gasteiger partial charge in [-0.05, 0) is 36.8 Å². The lowest BCUT2D eigenvalue weighted by Crippen LogP contribution is -2.11. The fraction of sp³-hybridized carbons (Fsp3) is 0.188. The van der Waals surface area contributed by atoms with Crippen LogP contribution >= 0.6 is 11.6 Å². The maximum Gasteiger partial charge on any atom is 0.163 e. The maximum atomic E-state index is 13.2. The number of ether oxygens (including phenoxy) is 1. The molecule has 1 unspecified atom stereocenters. The molecule has 3 nitrogen and oxygen atoms in total. The molecule has 0 aromatic heterocycles. The number of carbonyl (C=O) groups excluding carboxylic acids is 1. The van der Waals surface area contributed by atoms with Crippen LogP contribution < -0.4 is 4.74 Å². The van der Waals surface area contributed by atoms with Crippen molar-refractivity contribution in [1.82, 2.24) is 0 Å². The Morgan fingerprint density at radius 1 is 1.33 bits per heavy atom. The van der Waals surface area contributed by atoms with Gasteiger partial charge in [-0.15, -0.1) is 0 Å². The third kappa shape index (κ3) is 4.03. The van der Waals surface area contributed by atoms with Gasteiger partial charge in [0.05, 0.1) is 5.56 Å². The van der Waals surface area contributed by atoms with Gasteiger partial charge in [-0.3, -0.25) is 4.79 Å². The van der Waals surface area contributed by atoms with Gasteiger partial charge in [0, 0.05) is 11.1 Å². The lowest BCUT2D eigenvalue weighted by Gasteiger charge is -2.14. The standard InChI is InChI=1S/C16H14ClFO3/c1-10(19)14-6-5-13(18)8-16(14)21-9-15(20)11-3-2-4-12(17)7-11/h2-8,15,20H,9H2,1H3. The molecule has 0 aliphatic heterocycles. The Bertz CT molecular complexity index is 658. The summed E-state index contributed by atoms with van der Waals surface area (Å²) in [6, 6.07) is 10.4. The van der Waals surface area contributed by atoms with E-state index in [-0.39, 0.29) is 23.7 Å². The number of hydrogen-bond donors (Lipinski definition) is 1. The summed E-state index contributed by atoms with van der Waals surface area (Å²) in [5.41, 5.74) is 0.859. The van der Waals surface area contributed by atoms with Crippen molar-refractivity contribution < 1.29 is 19.0 Å². The molecule has 5 heteroatoms. The Morgan fingerprint density at radius 2 is 2.10 bits per heavy atom. The second kappa shape index (κ2) is 6.70. The Hall–Kier alpha value is -1.91. The molecule has 0 aliphatic carbocycles. The molecular weight excluding hydrogens is 295 g/mol. The largest absolute Gasteiger partial charge is 0.490 e. The lowest BCUT2D eigenvalue weighted by molar-refractivity contribution is 0.0976. The van der Waals surface area contributed by atoms with E-state index in [0.717, 1.165) is 6.07 Å². The molecular formula is C16H14ClFO3. The van der Waals surface area contributed by atoms with E-state index in [9.17, 15) is 14.3 Å². The third-order valence-corrected chi connectivity index (χ3v) is 3.19. The van der Waals surface area contributed by atoms with Gasteiger partial charge in [0.25, 0.3) is 0 Å². The predicted octanol–water partition coefficient (Wildman–Crippen LogP) is 3.79. The van der Waals surface area contributed by atoms with Crippen LogP contribution in [-0.2, 0) is 0 Å². The van der Waals surface area contributed by atoms with Crippen LogP contribution in [0.2, 0.25) is 5.02 Å². The van der Waals surface area contributed by atoms with Gasteiger partial charge in [0.15, 0.2) is 5.78 Å². The SMILES string of the molecule is CC(=O)c1ccc(F)cc1OCC(O)c1cccc(Cl)c1. The Kier molecular flexibility index (Phi) is 4.94. The van der Waals surface area contributed by atoms with E-state index in [1.54, 1.807) is 24.3 Å². The van der Waals surface area contributed by atoms with Crippen molar-refractivity contribution in [2.45, 2.75) is 13.0 Å². The van der Waals surface area contributed by atoms with Crippen molar-refractivity contribution in [2.24, 2.45) is 0 Å². The minimum atomic E-state index is -0.924. The third-order valence-electron chi connectivity index (χ3n) is 2.95. The number of halogens is 2. The number of aliphatic hydroxyl groups excluding tert-OH is 1. The van der Waals surface area contributed by atoms with E-state index in [4.69, 9.17) is 16.3 Å². The molecule has 0 aliphatic rings. The maximum absolute atomic E-state index is 13.2. The lowest BCUT2D eigenvalue weighted by atomic mass is 10.1. The second-order valence-electron chi connectivity index (χ2n) is 4.58. The summed E-state index contributed by atoms with van der Waals surface area (Å²) in [5.74, 6) is -0.627. The second-order valence-corrected chi connectivity index (χ2v) is 5.01. The van der Waals surface area contributed by atoms with Crippen LogP contribution in [0.1, 0.15) is 28.9 Å². The van der Waals surface area contributed by atoms with Gasteiger partial charge in [-0.1, -0.05) is 23.7 Å². The van der Waals surface area contributed by atoms with E-state index in [1.165, 1.54) is 19.1 Å². The molecule has 21 heavy (non-hydrogen) atoms. The smallest absolute Gasteiger partial charge is 0.163 e. The highest BCUT2D eigenvalue weighted by molar-refractivity contribution is 6.30. The number of benzene rings is 2. The van der Waals surface area contributed by atoms with E-state index in [0.29, 0.717) is 10.6 Å². The van der Waals surface area contributed by atoms with Crippen molar-refractivity contribution in [1.29, 1.82) is 0 Å². The van der Waals surface area contributed by atoms with Gasteiger partial charge in [-0.2, -0.15) is 0 Å². The molecule has 0 saturated heterocycles. The van der Waals surface area contributed by atoms with E-state index in [2.05, 4.69) is 0 Å². The van der Waals surface area contributed by atoms with Crippen LogP contribution in [0.5, 0.6) is 5.75 Å². The summed E-state index contributed by atoms with van der Waals surface area (Å²) in [6.07, 6.45) is -0.924. The number of rotatable bonds is 5. The van der Waals surface area contributed by atoms with E-state index in [1.807, 2.05) is 0 Å². The molecule has 0 heterocycles. The number of hydrogen-bond acceptors (Lipinski definition) is 3. The zero-order chi connectivity index (χ0) is 15.4. The first-order valence-electron chi connectivity index (χ1n) is 6.34. The quantitative estimate of drug-likeness (QED) is 0.855. The topological polar surface area (TPSA) is 46.5 Å². The highest BCUT2D eigenvalue weighted by Gasteiger charge is 2.13. The van der Waals surface area contributed by atoms with Gasteiger partial charge in [0.1, 0.15) is 24.3 Å². The van der Waals surface area contributed by atoms with Crippen LogP contribution in [0, 0.1) is 5.82 Å². The molecule has 0 spiro atoms. The number of Topliss-reactive ketones (excluding diaryl/α,β-unsaturated/α-hetero) is 1. The summed E-state index contributed by atoms with van der Waals surface area (Å²) in [4.78, 5) is 11.5. The van der Waals surface area contributed by atoms with Crippen LogP contribution in [0.15, 0.2) is 42.5 Å². The summed E-state index contributed by atoms with van der Waals surface area (Å²) < 4.78 is 18.6. The molecule has 0 fully saturated rings. The van der Waals surface area contributed by atoms with Crippen LogP contribution in [0.3, 0.4) is 0 Å². The normalized spacial score (nSPS) is 12.0. The molecule has 2 rings (SSSR count). The van der Waals surface area contributed by atoms with Crippen molar-refractivity contribution in [3.05, 3.63) is 64.4 Å². The fourth-order valence-corrected chi connectivity index (χ4v) is 2.08. The fourth-order valence-electron chi connectivity index (χ4n) is 1.89. The summed E-state index contributed by atoms with van der Waals surface area (Å²) in [5, 5.41) is 10.5. The molecule has 2 aromatic rings. The molecule has 0 amide bonds. The zero-order valence-corrected chi connectivity index (χ0v) is 12.1. The number of ketones is 1. The molecule has 2 aromatic carbocycles. The van der Waals surface area contributed by atoms with Gasteiger partial charge in [-0.25, -0.2) is 4.39 Å². The van der Waals surface area contributed by atoms with Crippen LogP contribution in [0.25, 0.3) is 0 Å². The highest BCUT2D eigenvalue weighted by Crippen LogP contribution is 2.23. The highest BCUT2D eigenvalue weighted by atomic mass is 35.5. The average Bonchev–Trinajstić information content (AvgIpc) is 2.44. The van der Waals surface area contributed by atoms with Crippen LogP contribution in [0.4, 0.5) is 4.39 Å². The van der Waals surface area contributed by atoms with E-state index < -0.39 is 11.9 Å². The first-order chi connectivity index (χ1) is 9.97. The van der Waals surface area contributed by atoms with Crippen molar-refractivity contribution >= 4 is 17.4 Å². The van der Waals surface area contributed by atoms with Gasteiger partial charge in [0.2, 0.25) is 0 Å². The molecule has 1 N–H and O–H groups in total. The first kappa shape index (κ1) is 15.5. The Morgan fingerprint density at radius 3 is 2.76 bits per heavy atom. The van der Waals surface area contributed by atoms with Gasteiger partial charge >= 0.3 is 0 Å². The van der Waals surface area contributed by atoms with Crippen molar-refractivity contribution in [3.8, 4) is 5.75 Å². The molecule has 0 radical (unpaired) electrons. The average molecular weight is 309 g/mol.